The van der Waals surface area contributed by atoms with E-state index in [9.17, 15) is 4.79 Å². The molecule has 0 saturated heterocycles. The van der Waals surface area contributed by atoms with E-state index in [-0.39, 0.29) is 12.4 Å². The zero-order valence-corrected chi connectivity index (χ0v) is 8.21. The largest absolute Gasteiger partial charge is 0.468 e. The van der Waals surface area contributed by atoms with Gasteiger partial charge < -0.3 is 4.74 Å². The summed E-state index contributed by atoms with van der Waals surface area (Å²) in [6, 6.07) is 0. The van der Waals surface area contributed by atoms with Crippen LogP contribution < -0.4 is 0 Å². The van der Waals surface area contributed by atoms with Crippen molar-refractivity contribution in [2.75, 3.05) is 7.11 Å². The van der Waals surface area contributed by atoms with Gasteiger partial charge in [-0.1, -0.05) is 17.5 Å². The Morgan fingerprint density at radius 3 is 2.79 bits per heavy atom. The number of methoxy groups -OCH3 is 1. The zero-order chi connectivity index (χ0) is 10.4. The zero-order valence-electron chi connectivity index (χ0n) is 7.45. The van der Waals surface area contributed by atoms with E-state index in [2.05, 4.69) is 26.5 Å². The summed E-state index contributed by atoms with van der Waals surface area (Å²) in [5, 5.41) is 0.448. The molecule has 0 spiro atoms. The number of carbonyl (C=O) groups is 1. The van der Waals surface area contributed by atoms with Gasteiger partial charge in [0.25, 0.3) is 0 Å². The highest BCUT2D eigenvalue weighted by molar-refractivity contribution is 6.30. The first kappa shape index (κ1) is 10.5. The summed E-state index contributed by atoms with van der Waals surface area (Å²) in [7, 11) is 1.31. The molecule has 72 valence electrons. The Kier molecular flexibility index (Phi) is 3.89. The van der Waals surface area contributed by atoms with Crippen molar-refractivity contribution in [3.63, 3.8) is 0 Å². The van der Waals surface area contributed by atoms with Crippen molar-refractivity contribution in [2.45, 2.75) is 6.42 Å². The number of ether oxygens (including phenoxy) is 1. The summed E-state index contributed by atoms with van der Waals surface area (Å²) in [6.07, 6.45) is 2.91. The van der Waals surface area contributed by atoms with Gasteiger partial charge in [0.1, 0.15) is 6.42 Å². The summed E-state index contributed by atoms with van der Waals surface area (Å²) < 4.78 is 4.40. The number of carbonyl (C=O) groups excluding carboxylic acids is 1. The maximum atomic E-state index is 10.7. The molecule has 0 aromatic carbocycles. The van der Waals surface area contributed by atoms with Crippen LogP contribution in [0.2, 0.25) is 5.02 Å². The summed E-state index contributed by atoms with van der Waals surface area (Å²) in [6.45, 7) is 0. The summed E-state index contributed by atoms with van der Waals surface area (Å²) in [4.78, 5) is 18.3. The predicted octanol–water partition coefficient (Wildman–Crippen LogP) is 1.04. The maximum absolute atomic E-state index is 10.7. The molecular weight excluding hydrogens is 204 g/mol. The summed E-state index contributed by atoms with van der Waals surface area (Å²) in [5.41, 5.74) is 0. The van der Waals surface area contributed by atoms with Crippen LogP contribution in [0.25, 0.3) is 0 Å². The van der Waals surface area contributed by atoms with Crippen LogP contribution in [0.4, 0.5) is 0 Å². The smallest absolute Gasteiger partial charge is 0.317 e. The molecule has 0 amide bonds. The van der Waals surface area contributed by atoms with E-state index in [1.165, 1.54) is 19.5 Å². The molecule has 0 fully saturated rings. The normalized spacial score (nSPS) is 8.71. The number of nitrogens with zero attached hydrogens (tertiary/aromatic N) is 2. The average Bonchev–Trinajstić information content (AvgIpc) is 2.21. The van der Waals surface area contributed by atoms with Crippen LogP contribution in [0, 0.1) is 11.8 Å². The van der Waals surface area contributed by atoms with E-state index in [1.807, 2.05) is 0 Å². The van der Waals surface area contributed by atoms with Crippen LogP contribution in [-0.2, 0) is 9.53 Å². The van der Waals surface area contributed by atoms with Gasteiger partial charge in [-0.25, -0.2) is 9.97 Å². The van der Waals surface area contributed by atoms with Gasteiger partial charge in [-0.3, -0.25) is 4.79 Å². The molecule has 0 aliphatic carbocycles. The van der Waals surface area contributed by atoms with Gasteiger partial charge >= 0.3 is 5.97 Å². The van der Waals surface area contributed by atoms with Crippen molar-refractivity contribution < 1.29 is 9.53 Å². The molecule has 14 heavy (non-hydrogen) atoms. The fourth-order valence-corrected chi connectivity index (χ4v) is 0.742. The number of hydrogen-bond acceptors (Lipinski definition) is 4. The number of halogens is 1. The van der Waals surface area contributed by atoms with Gasteiger partial charge in [0, 0.05) is 0 Å². The van der Waals surface area contributed by atoms with E-state index in [4.69, 9.17) is 11.6 Å². The van der Waals surface area contributed by atoms with Gasteiger partial charge in [-0.2, -0.15) is 0 Å². The highest BCUT2D eigenvalue weighted by Gasteiger charge is 1.94. The Morgan fingerprint density at radius 2 is 2.21 bits per heavy atom. The minimum Gasteiger partial charge on any atom is -0.468 e. The summed E-state index contributed by atoms with van der Waals surface area (Å²) in [5.74, 6) is 5.13. The average molecular weight is 211 g/mol. The highest BCUT2D eigenvalue weighted by Crippen LogP contribution is 2.01. The van der Waals surface area contributed by atoms with Crippen molar-refractivity contribution in [1.82, 2.24) is 9.97 Å². The molecule has 0 radical (unpaired) electrons. The second-order valence-corrected chi connectivity index (χ2v) is 2.72. The lowest BCUT2D eigenvalue weighted by Gasteiger charge is -1.90. The molecule has 0 N–H and O–H groups in total. The lowest BCUT2D eigenvalue weighted by atomic mass is 10.4. The topological polar surface area (TPSA) is 52.1 Å². The molecule has 4 nitrogen and oxygen atoms in total. The SMILES string of the molecule is COC(=O)CC#Cc1ncc(Cl)cn1. The second-order valence-electron chi connectivity index (χ2n) is 2.28. The van der Waals surface area contributed by atoms with Gasteiger partial charge in [0.2, 0.25) is 5.82 Å². The predicted molar refractivity (Wildman–Crippen MR) is 50.6 cm³/mol. The van der Waals surface area contributed by atoms with E-state index in [0.717, 1.165) is 0 Å². The number of aromatic nitrogens is 2. The Morgan fingerprint density at radius 1 is 1.57 bits per heavy atom. The lowest BCUT2D eigenvalue weighted by Crippen LogP contribution is -1.97. The first-order valence-electron chi connectivity index (χ1n) is 3.75. The van der Waals surface area contributed by atoms with Crippen molar-refractivity contribution >= 4 is 17.6 Å². The van der Waals surface area contributed by atoms with Crippen molar-refractivity contribution in [1.29, 1.82) is 0 Å². The standard InChI is InChI=1S/C9H7ClN2O2/c1-14-9(13)4-2-3-8-11-5-7(10)6-12-8/h5-6H,4H2,1H3. The molecule has 5 heteroatoms. The monoisotopic (exact) mass is 210 g/mol. The van der Waals surface area contributed by atoms with Gasteiger partial charge in [-0.15, -0.1) is 0 Å². The maximum Gasteiger partial charge on any atom is 0.317 e. The van der Waals surface area contributed by atoms with Gasteiger partial charge in [-0.05, 0) is 5.92 Å². The number of esters is 1. The van der Waals surface area contributed by atoms with Crippen LogP contribution in [0.3, 0.4) is 0 Å². The van der Waals surface area contributed by atoms with Crippen molar-refractivity contribution in [3.8, 4) is 11.8 Å². The molecule has 1 heterocycles. The Hall–Kier alpha value is -1.60. The molecule has 0 bridgehead atoms. The van der Waals surface area contributed by atoms with Crippen molar-refractivity contribution in [2.24, 2.45) is 0 Å². The third-order valence-corrected chi connectivity index (χ3v) is 1.48. The van der Waals surface area contributed by atoms with Crippen LogP contribution >= 0.6 is 11.6 Å². The Labute approximate surface area is 86.3 Å². The molecule has 0 saturated carbocycles. The molecule has 0 aliphatic rings. The van der Waals surface area contributed by atoms with E-state index in [0.29, 0.717) is 10.8 Å². The van der Waals surface area contributed by atoms with E-state index < -0.39 is 0 Å². The minimum atomic E-state index is -0.383. The molecule has 1 aromatic heterocycles. The van der Waals surface area contributed by atoms with Crippen LogP contribution in [-0.4, -0.2) is 23.0 Å². The van der Waals surface area contributed by atoms with E-state index in [1.54, 1.807) is 0 Å². The second kappa shape index (κ2) is 5.20. The molecule has 0 atom stereocenters. The third-order valence-electron chi connectivity index (χ3n) is 1.28. The Balaban J connectivity index is 2.59. The molecule has 1 rings (SSSR count). The van der Waals surface area contributed by atoms with Crippen molar-refractivity contribution in [3.05, 3.63) is 23.2 Å². The number of hydrogen-bond donors (Lipinski definition) is 0. The Bertz CT molecular complexity index is 378. The lowest BCUT2D eigenvalue weighted by molar-refractivity contribution is -0.139. The van der Waals surface area contributed by atoms with E-state index >= 15 is 0 Å². The quantitative estimate of drug-likeness (QED) is 0.514. The van der Waals surface area contributed by atoms with Crippen LogP contribution in [0.15, 0.2) is 12.4 Å². The molecule has 1 aromatic rings. The fourth-order valence-electron chi connectivity index (χ4n) is 0.644. The molecular formula is C9H7ClN2O2. The third kappa shape index (κ3) is 3.42. The number of rotatable bonds is 1. The minimum absolute atomic E-state index is 0.0302. The molecule has 0 unspecified atom stereocenters. The van der Waals surface area contributed by atoms with Crippen LogP contribution in [0.5, 0.6) is 0 Å². The highest BCUT2D eigenvalue weighted by atomic mass is 35.5. The van der Waals surface area contributed by atoms with Crippen LogP contribution in [0.1, 0.15) is 12.2 Å². The first-order chi connectivity index (χ1) is 6.72. The van der Waals surface area contributed by atoms with Gasteiger partial charge in [0.05, 0.1) is 24.5 Å². The first-order valence-corrected chi connectivity index (χ1v) is 4.13. The van der Waals surface area contributed by atoms with Gasteiger partial charge in [0.15, 0.2) is 0 Å². The fraction of sp³-hybridized carbons (Fsp3) is 0.222. The summed E-state index contributed by atoms with van der Waals surface area (Å²) >= 11 is 5.57. The molecule has 0 aliphatic heterocycles.